The molecule has 0 bridgehead atoms. The van der Waals surface area contributed by atoms with E-state index < -0.39 is 5.54 Å². The van der Waals surface area contributed by atoms with Gasteiger partial charge in [-0.25, -0.2) is 9.89 Å². The summed E-state index contributed by atoms with van der Waals surface area (Å²) >= 11 is 0. The predicted molar refractivity (Wildman–Crippen MR) is 102 cm³/mol. The van der Waals surface area contributed by atoms with Gasteiger partial charge in [-0.15, -0.1) is 0 Å². The van der Waals surface area contributed by atoms with E-state index in [4.69, 9.17) is 10.7 Å². The molecular formula is C21H23N3O2. The number of amides is 1. The molecule has 3 N–H and O–H groups in total. The molecular weight excluding hydrogens is 326 g/mol. The van der Waals surface area contributed by atoms with Gasteiger partial charge in [0.05, 0.1) is 5.69 Å². The first-order chi connectivity index (χ1) is 12.6. The van der Waals surface area contributed by atoms with Crippen molar-refractivity contribution in [2.75, 3.05) is 4.90 Å². The standard InChI is InChI=1S/C21H23N3O2/c22-20-23-21(15-7-3-1-4-8-15,16-9-5-2-6-10-16)19(26)24(20)17-11-13-18(25)14-12-17/h1,3-4,7-8,11-14,16,25H,2,5-6,9-10H2,(H2,22,23). The molecule has 4 rings (SSSR count). The van der Waals surface area contributed by atoms with Gasteiger partial charge >= 0.3 is 0 Å². The van der Waals surface area contributed by atoms with Crippen molar-refractivity contribution >= 4 is 17.6 Å². The minimum absolute atomic E-state index is 0.0983. The molecule has 134 valence electrons. The van der Waals surface area contributed by atoms with Crippen LogP contribution in [0, 0.1) is 5.92 Å². The van der Waals surface area contributed by atoms with Crippen LogP contribution < -0.4 is 10.6 Å². The molecule has 0 aromatic heterocycles. The number of carbonyl (C=O) groups excluding carboxylic acids is 1. The average molecular weight is 349 g/mol. The number of anilines is 1. The third kappa shape index (κ3) is 2.55. The Morgan fingerprint density at radius 1 is 1.00 bits per heavy atom. The Morgan fingerprint density at radius 2 is 1.65 bits per heavy atom. The maximum absolute atomic E-state index is 13.7. The molecule has 0 saturated heterocycles. The van der Waals surface area contributed by atoms with Crippen LogP contribution in [-0.4, -0.2) is 17.0 Å². The molecule has 0 spiro atoms. The van der Waals surface area contributed by atoms with Gasteiger partial charge in [0.25, 0.3) is 5.91 Å². The van der Waals surface area contributed by atoms with Gasteiger partial charge in [-0.1, -0.05) is 49.6 Å². The highest BCUT2D eigenvalue weighted by molar-refractivity contribution is 6.23. The molecule has 1 aliphatic carbocycles. The van der Waals surface area contributed by atoms with Crippen LogP contribution in [0.5, 0.6) is 5.75 Å². The lowest BCUT2D eigenvalue weighted by Gasteiger charge is -2.36. The fourth-order valence-electron chi connectivity index (χ4n) is 4.31. The molecule has 5 heteroatoms. The third-order valence-corrected chi connectivity index (χ3v) is 5.57. The average Bonchev–Trinajstić information content (AvgIpc) is 2.95. The van der Waals surface area contributed by atoms with Crippen molar-refractivity contribution in [3.63, 3.8) is 0 Å². The Hall–Kier alpha value is -2.82. The van der Waals surface area contributed by atoms with Gasteiger partial charge in [-0.2, -0.15) is 0 Å². The number of aliphatic imine (C=N–C) groups is 1. The van der Waals surface area contributed by atoms with Crippen molar-refractivity contribution in [2.24, 2.45) is 16.6 Å². The lowest BCUT2D eigenvalue weighted by molar-refractivity contribution is -0.124. The highest BCUT2D eigenvalue weighted by Gasteiger charge is 2.54. The van der Waals surface area contributed by atoms with Crippen molar-refractivity contribution in [1.82, 2.24) is 0 Å². The topological polar surface area (TPSA) is 78.9 Å². The van der Waals surface area contributed by atoms with Crippen LogP contribution in [0.1, 0.15) is 37.7 Å². The van der Waals surface area contributed by atoms with Gasteiger partial charge in [-0.3, -0.25) is 4.79 Å². The Morgan fingerprint density at radius 3 is 2.31 bits per heavy atom. The molecule has 26 heavy (non-hydrogen) atoms. The van der Waals surface area contributed by atoms with Gasteiger partial charge in [0.2, 0.25) is 5.96 Å². The number of hydrogen-bond donors (Lipinski definition) is 2. The zero-order valence-corrected chi connectivity index (χ0v) is 14.6. The lowest BCUT2D eigenvalue weighted by Crippen LogP contribution is -2.47. The van der Waals surface area contributed by atoms with Crippen molar-refractivity contribution in [3.8, 4) is 5.75 Å². The molecule has 2 aromatic carbocycles. The number of rotatable bonds is 3. The summed E-state index contributed by atoms with van der Waals surface area (Å²) in [5, 5.41) is 9.55. The molecule has 1 fully saturated rings. The molecule has 1 saturated carbocycles. The molecule has 0 radical (unpaired) electrons. The number of carbonyl (C=O) groups is 1. The van der Waals surface area contributed by atoms with E-state index in [1.54, 1.807) is 24.3 Å². The van der Waals surface area contributed by atoms with E-state index in [2.05, 4.69) is 0 Å². The maximum Gasteiger partial charge on any atom is 0.266 e. The smallest absolute Gasteiger partial charge is 0.266 e. The second-order valence-corrected chi connectivity index (χ2v) is 7.09. The number of hydrogen-bond acceptors (Lipinski definition) is 4. The fourth-order valence-corrected chi connectivity index (χ4v) is 4.31. The summed E-state index contributed by atoms with van der Waals surface area (Å²) in [5.74, 6) is 0.415. The predicted octanol–water partition coefficient (Wildman–Crippen LogP) is 3.53. The zero-order chi connectivity index (χ0) is 18.1. The molecule has 1 unspecified atom stereocenters. The first kappa shape index (κ1) is 16.6. The number of phenolic OH excluding ortho intramolecular Hbond substituents is 1. The van der Waals surface area contributed by atoms with Crippen LogP contribution in [-0.2, 0) is 10.3 Å². The summed E-state index contributed by atoms with van der Waals surface area (Å²) in [6.07, 6.45) is 5.38. The Balaban J connectivity index is 1.82. The van der Waals surface area contributed by atoms with Crippen molar-refractivity contribution in [3.05, 3.63) is 60.2 Å². The molecule has 1 heterocycles. The second-order valence-electron chi connectivity index (χ2n) is 7.09. The van der Waals surface area contributed by atoms with Crippen LogP contribution in [0.3, 0.4) is 0 Å². The van der Waals surface area contributed by atoms with Crippen LogP contribution in [0.25, 0.3) is 0 Å². The lowest BCUT2D eigenvalue weighted by atomic mass is 9.71. The number of phenols is 1. The maximum atomic E-state index is 13.7. The molecule has 1 aliphatic heterocycles. The molecule has 2 aliphatic rings. The molecule has 1 atom stereocenters. The molecule has 2 aromatic rings. The summed E-state index contributed by atoms with van der Waals surface area (Å²) in [7, 11) is 0. The summed E-state index contributed by atoms with van der Waals surface area (Å²) in [5.41, 5.74) is 6.83. The van der Waals surface area contributed by atoms with E-state index in [-0.39, 0.29) is 23.5 Å². The Labute approximate surface area is 153 Å². The fraction of sp³-hybridized carbons (Fsp3) is 0.333. The van der Waals surface area contributed by atoms with Crippen molar-refractivity contribution < 1.29 is 9.90 Å². The highest BCUT2D eigenvalue weighted by Crippen LogP contribution is 2.47. The Kier molecular flexibility index (Phi) is 4.15. The van der Waals surface area contributed by atoms with Crippen molar-refractivity contribution in [2.45, 2.75) is 37.6 Å². The minimum Gasteiger partial charge on any atom is -0.508 e. The largest absolute Gasteiger partial charge is 0.508 e. The first-order valence-corrected chi connectivity index (χ1v) is 9.17. The van der Waals surface area contributed by atoms with Crippen molar-refractivity contribution in [1.29, 1.82) is 0 Å². The van der Waals surface area contributed by atoms with Crippen LogP contribution in [0.4, 0.5) is 5.69 Å². The molecule has 1 amide bonds. The zero-order valence-electron chi connectivity index (χ0n) is 14.6. The quantitative estimate of drug-likeness (QED) is 0.890. The first-order valence-electron chi connectivity index (χ1n) is 9.17. The van der Waals surface area contributed by atoms with Gasteiger partial charge in [0.1, 0.15) is 5.75 Å². The van der Waals surface area contributed by atoms with E-state index in [9.17, 15) is 9.90 Å². The normalized spacial score (nSPS) is 23.9. The monoisotopic (exact) mass is 349 g/mol. The van der Waals surface area contributed by atoms with E-state index in [1.165, 1.54) is 11.3 Å². The van der Waals surface area contributed by atoms with E-state index in [1.807, 2.05) is 30.3 Å². The van der Waals surface area contributed by atoms with E-state index in [0.29, 0.717) is 5.69 Å². The van der Waals surface area contributed by atoms with E-state index in [0.717, 1.165) is 31.2 Å². The summed E-state index contributed by atoms with van der Waals surface area (Å²) < 4.78 is 0. The van der Waals surface area contributed by atoms with Gasteiger partial charge < -0.3 is 10.8 Å². The summed E-state index contributed by atoms with van der Waals surface area (Å²) in [6, 6.07) is 16.3. The summed E-state index contributed by atoms with van der Waals surface area (Å²) in [6.45, 7) is 0. The number of nitrogens with two attached hydrogens (primary N) is 1. The number of benzene rings is 2. The van der Waals surface area contributed by atoms with Gasteiger partial charge in [0, 0.05) is 0 Å². The van der Waals surface area contributed by atoms with Crippen LogP contribution >= 0.6 is 0 Å². The molecule has 5 nitrogen and oxygen atoms in total. The van der Waals surface area contributed by atoms with Gasteiger partial charge in [-0.05, 0) is 48.6 Å². The third-order valence-electron chi connectivity index (χ3n) is 5.57. The van der Waals surface area contributed by atoms with Crippen LogP contribution in [0.15, 0.2) is 59.6 Å². The van der Waals surface area contributed by atoms with E-state index >= 15 is 0 Å². The second kappa shape index (κ2) is 6.48. The summed E-state index contributed by atoms with van der Waals surface area (Å²) in [4.78, 5) is 20.0. The number of guanidine groups is 1. The SMILES string of the molecule is NC1=NC(c2ccccc2)(C2CCCCC2)C(=O)N1c1ccc(O)cc1. The number of aromatic hydroxyl groups is 1. The minimum atomic E-state index is -0.955. The van der Waals surface area contributed by atoms with Crippen LogP contribution in [0.2, 0.25) is 0 Å². The number of nitrogens with zero attached hydrogens (tertiary/aromatic N) is 2. The van der Waals surface area contributed by atoms with Gasteiger partial charge in [0.15, 0.2) is 5.54 Å². The Bertz CT molecular complexity index is 826. The highest BCUT2D eigenvalue weighted by atomic mass is 16.3.